The molecule has 0 amide bonds. The summed E-state index contributed by atoms with van der Waals surface area (Å²) in [4.78, 5) is 13.1. The molecule has 0 fully saturated rings. The molecule has 0 spiro atoms. The molecule has 3 heterocycles. The lowest BCUT2D eigenvalue weighted by Crippen LogP contribution is -2.10. The summed E-state index contributed by atoms with van der Waals surface area (Å²) in [5, 5.41) is 12.1. The maximum Gasteiger partial charge on any atom is 0.165 e. The number of fused-ring (bicyclic) bond motifs is 1. The zero-order chi connectivity index (χ0) is 17.1. The second-order valence-corrected chi connectivity index (χ2v) is 5.51. The van der Waals surface area contributed by atoms with Crippen LogP contribution >= 0.6 is 0 Å². The summed E-state index contributed by atoms with van der Waals surface area (Å²) in [6.45, 7) is 1.13. The molecular formula is C18H14N6O. The van der Waals surface area contributed by atoms with Gasteiger partial charge in [-0.3, -0.25) is 0 Å². The molecule has 0 saturated carbocycles. The fourth-order valence-electron chi connectivity index (χ4n) is 2.59. The number of nitrogens with one attached hydrogen (secondary N) is 1. The van der Waals surface area contributed by atoms with E-state index in [1.165, 1.54) is 6.33 Å². The van der Waals surface area contributed by atoms with E-state index in [1.807, 2.05) is 28.8 Å². The Balaban J connectivity index is 1.57. The maximum atomic E-state index is 8.88. The molecule has 7 heteroatoms. The van der Waals surface area contributed by atoms with Gasteiger partial charge in [0.15, 0.2) is 17.3 Å². The molecule has 2 aliphatic heterocycles. The van der Waals surface area contributed by atoms with Crippen LogP contribution in [-0.4, -0.2) is 19.5 Å². The molecule has 0 saturated heterocycles. The minimum atomic E-state index is 0.529. The predicted molar refractivity (Wildman–Crippen MR) is 90.7 cm³/mol. The van der Waals surface area contributed by atoms with Gasteiger partial charge < -0.3 is 14.3 Å². The Bertz CT molecular complexity index is 981. The Morgan fingerprint density at radius 3 is 2.76 bits per heavy atom. The van der Waals surface area contributed by atoms with Crippen LogP contribution in [0.3, 0.4) is 0 Å². The van der Waals surface area contributed by atoms with Crippen molar-refractivity contribution < 1.29 is 4.42 Å². The number of hydrogen-bond donors (Lipinski definition) is 1. The summed E-state index contributed by atoms with van der Waals surface area (Å²) >= 11 is 0. The average molecular weight is 330 g/mol. The molecule has 0 aliphatic carbocycles. The Kier molecular flexibility index (Phi) is 3.85. The lowest BCUT2D eigenvalue weighted by molar-refractivity contribution is 0.517. The van der Waals surface area contributed by atoms with E-state index in [2.05, 4.69) is 26.3 Å². The topological polar surface area (TPSA) is 92.6 Å². The van der Waals surface area contributed by atoms with Gasteiger partial charge in [0.2, 0.25) is 0 Å². The third-order valence-corrected chi connectivity index (χ3v) is 3.85. The summed E-state index contributed by atoms with van der Waals surface area (Å²) in [5.41, 5.74) is 2.41. The zero-order valence-electron chi connectivity index (χ0n) is 13.3. The summed E-state index contributed by atoms with van der Waals surface area (Å²) in [6, 6.07) is 13.3. The molecule has 1 aromatic carbocycles. The van der Waals surface area contributed by atoms with Crippen LogP contribution in [0.1, 0.15) is 16.9 Å². The van der Waals surface area contributed by atoms with Crippen molar-refractivity contribution in [2.24, 2.45) is 0 Å². The van der Waals surface area contributed by atoms with E-state index in [0.29, 0.717) is 30.2 Å². The first-order chi connectivity index (χ1) is 12.3. The molecule has 1 aromatic heterocycles. The Labute approximate surface area is 143 Å². The van der Waals surface area contributed by atoms with E-state index in [9.17, 15) is 0 Å². The van der Waals surface area contributed by atoms with Crippen molar-refractivity contribution in [2.75, 3.05) is 5.32 Å². The molecule has 0 bridgehead atoms. The fraction of sp³-hybridized carbons (Fsp3) is 0.111. The number of imidazole rings is 1. The molecule has 4 rings (SSSR count). The highest BCUT2D eigenvalue weighted by atomic mass is 16.3. The molecule has 7 nitrogen and oxygen atoms in total. The molecular weight excluding hydrogens is 316 g/mol. The molecule has 2 aliphatic rings. The predicted octanol–water partition coefficient (Wildman–Crippen LogP) is 2.90. The van der Waals surface area contributed by atoms with Gasteiger partial charge in [-0.1, -0.05) is 12.1 Å². The van der Waals surface area contributed by atoms with Crippen LogP contribution in [0.25, 0.3) is 11.5 Å². The third-order valence-electron chi connectivity index (χ3n) is 3.85. The van der Waals surface area contributed by atoms with Crippen molar-refractivity contribution in [3.63, 3.8) is 0 Å². The van der Waals surface area contributed by atoms with Gasteiger partial charge >= 0.3 is 0 Å². The van der Waals surface area contributed by atoms with Crippen LogP contribution < -0.4 is 5.32 Å². The average Bonchev–Trinajstić information content (AvgIpc) is 3.33. The second kappa shape index (κ2) is 6.45. The van der Waals surface area contributed by atoms with Gasteiger partial charge in [0.05, 0.1) is 37.3 Å². The first-order valence-corrected chi connectivity index (χ1v) is 7.74. The molecule has 122 valence electrons. The number of rotatable bonds is 5. The number of nitrogens with zero attached hydrogens (tertiary/aromatic N) is 5. The van der Waals surface area contributed by atoms with Gasteiger partial charge in [0.25, 0.3) is 0 Å². The highest BCUT2D eigenvalue weighted by Gasteiger charge is 2.17. The van der Waals surface area contributed by atoms with Crippen molar-refractivity contribution in [1.82, 2.24) is 19.5 Å². The molecule has 1 N–H and O–H groups in total. The fourth-order valence-corrected chi connectivity index (χ4v) is 2.59. The molecule has 0 unspecified atom stereocenters. The number of nitriles is 1. The van der Waals surface area contributed by atoms with Crippen LogP contribution in [-0.2, 0) is 13.1 Å². The summed E-state index contributed by atoms with van der Waals surface area (Å²) in [6.07, 6.45) is 4.90. The van der Waals surface area contributed by atoms with Gasteiger partial charge in [0, 0.05) is 0 Å². The van der Waals surface area contributed by atoms with E-state index in [1.54, 1.807) is 24.7 Å². The third kappa shape index (κ3) is 3.05. The number of furan rings is 1. The highest BCUT2D eigenvalue weighted by molar-refractivity contribution is 5.66. The summed E-state index contributed by atoms with van der Waals surface area (Å²) in [5.74, 6) is 2.24. The van der Waals surface area contributed by atoms with E-state index in [0.717, 1.165) is 17.1 Å². The second-order valence-electron chi connectivity index (χ2n) is 5.51. The maximum absolute atomic E-state index is 8.88. The molecule has 2 aromatic rings. The van der Waals surface area contributed by atoms with Crippen molar-refractivity contribution >= 4 is 5.82 Å². The van der Waals surface area contributed by atoms with Gasteiger partial charge in [-0.25, -0.2) is 15.0 Å². The quantitative estimate of drug-likeness (QED) is 0.605. The largest absolute Gasteiger partial charge is 0.467 e. The van der Waals surface area contributed by atoms with Gasteiger partial charge in [-0.15, -0.1) is 0 Å². The van der Waals surface area contributed by atoms with Crippen molar-refractivity contribution in [3.05, 3.63) is 72.2 Å². The molecule has 25 heavy (non-hydrogen) atoms. The van der Waals surface area contributed by atoms with E-state index in [-0.39, 0.29) is 0 Å². The summed E-state index contributed by atoms with van der Waals surface area (Å²) < 4.78 is 7.25. The van der Waals surface area contributed by atoms with Crippen LogP contribution in [0, 0.1) is 11.3 Å². The van der Waals surface area contributed by atoms with Gasteiger partial charge in [-0.2, -0.15) is 5.26 Å². The first kappa shape index (κ1) is 14.9. The van der Waals surface area contributed by atoms with Crippen LogP contribution in [0.2, 0.25) is 0 Å². The van der Waals surface area contributed by atoms with E-state index >= 15 is 0 Å². The highest BCUT2D eigenvalue weighted by Crippen LogP contribution is 2.25. The number of anilines is 1. The number of benzene rings is 1. The molecule has 0 radical (unpaired) electrons. The first-order valence-electron chi connectivity index (χ1n) is 7.74. The van der Waals surface area contributed by atoms with Gasteiger partial charge in [-0.05, 0) is 29.8 Å². The lowest BCUT2D eigenvalue weighted by Gasteiger charge is -2.14. The number of aromatic nitrogens is 4. The zero-order valence-corrected chi connectivity index (χ0v) is 13.3. The van der Waals surface area contributed by atoms with Crippen LogP contribution in [0.5, 0.6) is 0 Å². The Hall–Kier alpha value is -3.66. The van der Waals surface area contributed by atoms with Crippen LogP contribution in [0.4, 0.5) is 5.82 Å². The smallest absolute Gasteiger partial charge is 0.165 e. The SMILES string of the molecule is N#Cc1ccc(Cn2cnc(NCc3ccco3)c3ncnc2-3)cc1. The van der Waals surface area contributed by atoms with Crippen molar-refractivity contribution in [3.8, 4) is 17.6 Å². The monoisotopic (exact) mass is 330 g/mol. The van der Waals surface area contributed by atoms with Gasteiger partial charge in [0.1, 0.15) is 12.1 Å². The van der Waals surface area contributed by atoms with Crippen molar-refractivity contribution in [2.45, 2.75) is 13.1 Å². The minimum Gasteiger partial charge on any atom is -0.467 e. The van der Waals surface area contributed by atoms with E-state index < -0.39 is 0 Å². The lowest BCUT2D eigenvalue weighted by atomic mass is 10.1. The molecule has 0 atom stereocenters. The normalized spacial score (nSPS) is 10.7. The minimum absolute atomic E-state index is 0.529. The summed E-state index contributed by atoms with van der Waals surface area (Å²) in [7, 11) is 0. The van der Waals surface area contributed by atoms with Crippen molar-refractivity contribution in [1.29, 1.82) is 5.26 Å². The van der Waals surface area contributed by atoms with E-state index in [4.69, 9.17) is 9.68 Å². The van der Waals surface area contributed by atoms with Crippen LogP contribution in [0.15, 0.2) is 59.7 Å². The Morgan fingerprint density at radius 2 is 2.00 bits per heavy atom. The standard InChI is InChI=1S/C18H14N6O/c19-8-13-3-5-14(6-4-13)10-24-12-23-17(16-18(24)22-11-21-16)20-9-15-2-1-7-25-15/h1-7,11-12,20H,9-10H2. The number of hydrogen-bond acceptors (Lipinski definition) is 6. The Morgan fingerprint density at radius 1 is 1.12 bits per heavy atom.